The molecule has 4 heteroatoms. The molecule has 1 aromatic heterocycles. The van der Waals surface area contributed by atoms with Crippen LogP contribution in [0.5, 0.6) is 0 Å². The number of amides is 1. The van der Waals surface area contributed by atoms with E-state index in [1.54, 1.807) is 16.2 Å². The van der Waals surface area contributed by atoms with E-state index in [2.05, 4.69) is 22.8 Å². The first-order valence-electron chi connectivity index (χ1n) is 6.06. The van der Waals surface area contributed by atoms with Gasteiger partial charge in [-0.1, -0.05) is 18.2 Å². The van der Waals surface area contributed by atoms with E-state index in [4.69, 9.17) is 0 Å². The first-order chi connectivity index (χ1) is 8.72. The Balaban J connectivity index is 2.07. The van der Waals surface area contributed by atoms with Crippen LogP contribution < -0.4 is 5.32 Å². The summed E-state index contributed by atoms with van der Waals surface area (Å²) in [7, 11) is 3.73. The molecule has 0 aliphatic carbocycles. The average molecular weight is 262 g/mol. The molecular formula is C14H18N2OS. The number of carbonyl (C=O) groups excluding carboxylic acids is 1. The molecule has 1 aromatic carbocycles. The summed E-state index contributed by atoms with van der Waals surface area (Å²) in [4.78, 5) is 13.7. The molecule has 0 aliphatic rings. The summed E-state index contributed by atoms with van der Waals surface area (Å²) in [6, 6.07) is 8.32. The summed E-state index contributed by atoms with van der Waals surface area (Å²) in [6.07, 6.45) is 0.551. The van der Waals surface area contributed by atoms with Gasteiger partial charge in [-0.2, -0.15) is 0 Å². The van der Waals surface area contributed by atoms with Crippen LogP contribution in [0.1, 0.15) is 12.0 Å². The van der Waals surface area contributed by atoms with Crippen LogP contribution in [0.3, 0.4) is 0 Å². The molecule has 0 spiro atoms. The molecule has 96 valence electrons. The number of nitrogens with zero attached hydrogens (tertiary/aromatic N) is 1. The lowest BCUT2D eigenvalue weighted by Crippen LogP contribution is -2.28. The Kier molecular flexibility index (Phi) is 4.33. The van der Waals surface area contributed by atoms with Gasteiger partial charge in [0.05, 0.1) is 0 Å². The second kappa shape index (κ2) is 5.98. The van der Waals surface area contributed by atoms with Crippen molar-refractivity contribution in [3.8, 4) is 0 Å². The highest BCUT2D eigenvalue weighted by molar-refractivity contribution is 7.17. The fraction of sp³-hybridized carbons (Fsp3) is 0.357. The summed E-state index contributed by atoms with van der Waals surface area (Å²) in [5, 5.41) is 6.40. The number of fused-ring (bicyclic) bond motifs is 1. The van der Waals surface area contributed by atoms with Gasteiger partial charge in [0.2, 0.25) is 5.91 Å². The molecule has 0 atom stereocenters. The fourth-order valence-electron chi connectivity index (χ4n) is 1.92. The predicted octanol–water partition coefficient (Wildman–Crippen LogP) is 2.47. The van der Waals surface area contributed by atoms with E-state index in [9.17, 15) is 4.79 Å². The van der Waals surface area contributed by atoms with Crippen LogP contribution >= 0.6 is 11.3 Å². The van der Waals surface area contributed by atoms with Crippen LogP contribution in [0, 0.1) is 0 Å². The van der Waals surface area contributed by atoms with E-state index in [1.807, 2.05) is 26.2 Å². The number of nitrogens with one attached hydrogen (secondary N) is 1. The Hall–Kier alpha value is -1.39. The summed E-state index contributed by atoms with van der Waals surface area (Å²) < 4.78 is 1.28. The molecule has 0 bridgehead atoms. The Morgan fingerprint density at radius 2 is 2.17 bits per heavy atom. The standard InChI is InChI=1S/C14H18N2OS/c1-15-8-7-14(17)16(2)9-11-10-18-13-6-4-3-5-12(11)13/h3-6,10,15H,7-9H2,1-2H3. The van der Waals surface area contributed by atoms with Crippen LogP contribution in [-0.4, -0.2) is 31.4 Å². The van der Waals surface area contributed by atoms with Gasteiger partial charge in [-0.25, -0.2) is 0 Å². The maximum atomic E-state index is 11.9. The number of hydrogen-bond donors (Lipinski definition) is 1. The second-order valence-electron chi connectivity index (χ2n) is 4.36. The third kappa shape index (κ3) is 2.89. The van der Waals surface area contributed by atoms with Crippen molar-refractivity contribution in [2.24, 2.45) is 0 Å². The zero-order valence-corrected chi connectivity index (χ0v) is 11.6. The third-order valence-corrected chi connectivity index (χ3v) is 4.00. The Morgan fingerprint density at radius 1 is 1.39 bits per heavy atom. The number of carbonyl (C=O) groups is 1. The van der Waals surface area contributed by atoms with E-state index in [1.165, 1.54) is 15.6 Å². The van der Waals surface area contributed by atoms with Gasteiger partial charge < -0.3 is 10.2 Å². The lowest BCUT2D eigenvalue weighted by molar-refractivity contribution is -0.130. The maximum absolute atomic E-state index is 11.9. The van der Waals surface area contributed by atoms with E-state index in [0.717, 1.165) is 6.54 Å². The molecule has 0 fully saturated rings. The van der Waals surface area contributed by atoms with Gasteiger partial charge in [-0.15, -0.1) is 11.3 Å². The van der Waals surface area contributed by atoms with Crippen LogP contribution in [0.15, 0.2) is 29.6 Å². The van der Waals surface area contributed by atoms with Gasteiger partial charge in [0.1, 0.15) is 0 Å². The minimum atomic E-state index is 0.180. The zero-order chi connectivity index (χ0) is 13.0. The number of hydrogen-bond acceptors (Lipinski definition) is 3. The highest BCUT2D eigenvalue weighted by Gasteiger charge is 2.11. The molecule has 1 N–H and O–H groups in total. The summed E-state index contributed by atoms with van der Waals surface area (Å²) in [5.74, 6) is 0.180. The number of rotatable bonds is 5. The van der Waals surface area contributed by atoms with Crippen LogP contribution in [-0.2, 0) is 11.3 Å². The molecule has 18 heavy (non-hydrogen) atoms. The average Bonchev–Trinajstić information content (AvgIpc) is 2.79. The van der Waals surface area contributed by atoms with Crippen LogP contribution in [0.2, 0.25) is 0 Å². The fourth-order valence-corrected chi connectivity index (χ4v) is 2.88. The van der Waals surface area contributed by atoms with Crippen molar-refractivity contribution >= 4 is 27.3 Å². The van der Waals surface area contributed by atoms with Gasteiger partial charge in [0, 0.05) is 31.3 Å². The normalized spacial score (nSPS) is 10.8. The van der Waals surface area contributed by atoms with E-state index >= 15 is 0 Å². The van der Waals surface area contributed by atoms with E-state index in [0.29, 0.717) is 13.0 Å². The van der Waals surface area contributed by atoms with Crippen molar-refractivity contribution in [1.29, 1.82) is 0 Å². The Bertz CT molecular complexity index is 535. The number of thiophene rings is 1. The Labute approximate surface area is 111 Å². The molecular weight excluding hydrogens is 244 g/mol. The van der Waals surface area contributed by atoms with Gasteiger partial charge in [-0.3, -0.25) is 4.79 Å². The minimum absolute atomic E-state index is 0.180. The molecule has 0 unspecified atom stereocenters. The van der Waals surface area contributed by atoms with Gasteiger partial charge in [0.15, 0.2) is 0 Å². The quantitative estimate of drug-likeness (QED) is 0.898. The lowest BCUT2D eigenvalue weighted by Gasteiger charge is -2.16. The molecule has 0 radical (unpaired) electrons. The second-order valence-corrected chi connectivity index (χ2v) is 5.27. The van der Waals surface area contributed by atoms with Gasteiger partial charge >= 0.3 is 0 Å². The first-order valence-corrected chi connectivity index (χ1v) is 6.94. The molecule has 0 aliphatic heterocycles. The topological polar surface area (TPSA) is 32.3 Å². The zero-order valence-electron chi connectivity index (χ0n) is 10.8. The SMILES string of the molecule is CNCCC(=O)N(C)Cc1csc2ccccc12. The highest BCUT2D eigenvalue weighted by Crippen LogP contribution is 2.26. The third-order valence-electron chi connectivity index (χ3n) is 2.98. The maximum Gasteiger partial charge on any atom is 0.223 e. The van der Waals surface area contributed by atoms with Crippen LogP contribution in [0.25, 0.3) is 10.1 Å². The smallest absolute Gasteiger partial charge is 0.223 e. The molecule has 0 saturated carbocycles. The summed E-state index contributed by atoms with van der Waals surface area (Å²) in [6.45, 7) is 1.42. The predicted molar refractivity (Wildman–Crippen MR) is 76.8 cm³/mol. The molecule has 3 nitrogen and oxygen atoms in total. The summed E-state index contributed by atoms with van der Waals surface area (Å²) >= 11 is 1.74. The van der Waals surface area contributed by atoms with Gasteiger partial charge in [-0.05, 0) is 29.4 Å². The monoisotopic (exact) mass is 262 g/mol. The lowest BCUT2D eigenvalue weighted by atomic mass is 10.1. The largest absolute Gasteiger partial charge is 0.341 e. The minimum Gasteiger partial charge on any atom is -0.341 e. The van der Waals surface area contributed by atoms with Crippen molar-refractivity contribution < 1.29 is 4.79 Å². The first kappa shape index (κ1) is 13.1. The van der Waals surface area contributed by atoms with E-state index < -0.39 is 0 Å². The van der Waals surface area contributed by atoms with Crippen molar-refractivity contribution in [1.82, 2.24) is 10.2 Å². The molecule has 1 amide bonds. The van der Waals surface area contributed by atoms with Crippen molar-refractivity contribution in [3.63, 3.8) is 0 Å². The molecule has 0 saturated heterocycles. The number of benzene rings is 1. The molecule has 2 rings (SSSR count). The van der Waals surface area contributed by atoms with Crippen LogP contribution in [0.4, 0.5) is 0 Å². The van der Waals surface area contributed by atoms with E-state index in [-0.39, 0.29) is 5.91 Å². The summed E-state index contributed by atoms with van der Waals surface area (Å²) in [5.41, 5.74) is 1.23. The molecule has 1 heterocycles. The Morgan fingerprint density at radius 3 is 2.94 bits per heavy atom. The van der Waals surface area contributed by atoms with Crippen molar-refractivity contribution in [3.05, 3.63) is 35.2 Å². The molecule has 2 aromatic rings. The van der Waals surface area contributed by atoms with Crippen molar-refractivity contribution in [2.75, 3.05) is 20.6 Å². The van der Waals surface area contributed by atoms with Crippen molar-refractivity contribution in [2.45, 2.75) is 13.0 Å². The highest BCUT2D eigenvalue weighted by atomic mass is 32.1. The van der Waals surface area contributed by atoms with Gasteiger partial charge in [0.25, 0.3) is 0 Å².